The summed E-state index contributed by atoms with van der Waals surface area (Å²) in [6.07, 6.45) is 2.68. The number of amides is 1. The van der Waals surface area contributed by atoms with Gasteiger partial charge in [0.15, 0.2) is 22.9 Å². The number of likely N-dealkylation sites (tertiary alicyclic amines) is 1. The van der Waals surface area contributed by atoms with Crippen LogP contribution < -0.4 is 10.2 Å². The van der Waals surface area contributed by atoms with E-state index in [9.17, 15) is 23.2 Å². The molecule has 4 unspecified atom stereocenters. The summed E-state index contributed by atoms with van der Waals surface area (Å²) in [4.78, 5) is 50.5. The van der Waals surface area contributed by atoms with Crippen LogP contribution >= 0.6 is 11.3 Å². The number of likely N-dealkylation sites (N-methyl/N-ethyl adjacent to an activating group) is 1. The van der Waals surface area contributed by atoms with Crippen LogP contribution in [-0.2, 0) is 14.3 Å². The molecule has 1 aliphatic carbocycles. The van der Waals surface area contributed by atoms with Crippen molar-refractivity contribution in [2.45, 2.75) is 43.5 Å². The summed E-state index contributed by atoms with van der Waals surface area (Å²) in [6, 6.07) is 6.08. The molecule has 3 saturated heterocycles. The minimum absolute atomic E-state index is 0.119. The summed E-state index contributed by atoms with van der Waals surface area (Å²) < 4.78 is 33.4. The van der Waals surface area contributed by atoms with Crippen molar-refractivity contribution in [3.8, 4) is 11.3 Å². The maximum atomic E-state index is 14.6. The Bertz CT molecular complexity index is 1360. The quantitative estimate of drug-likeness (QED) is 0.462. The zero-order valence-corrected chi connectivity index (χ0v) is 24.3. The van der Waals surface area contributed by atoms with Gasteiger partial charge in [-0.05, 0) is 32.0 Å². The number of anilines is 1. The summed E-state index contributed by atoms with van der Waals surface area (Å²) in [5.41, 5.74) is 0.475. The normalized spacial score (nSPS) is 27.3. The number of nitrogens with one attached hydrogen (secondary N) is 1. The van der Waals surface area contributed by atoms with Crippen molar-refractivity contribution in [2.24, 2.45) is 11.8 Å². The fourth-order valence-corrected chi connectivity index (χ4v) is 7.80. The van der Waals surface area contributed by atoms with Crippen LogP contribution in [0.5, 0.6) is 0 Å². The molecule has 1 saturated carbocycles. The lowest BCUT2D eigenvalue weighted by molar-refractivity contribution is -0.131. The Morgan fingerprint density at radius 3 is 2.55 bits per heavy atom. The molecule has 1 aromatic heterocycles. The molecule has 6 rings (SSSR count). The second-order valence-electron chi connectivity index (χ2n) is 11.7. The number of fused-ring (bicyclic) bond motifs is 1. The Labute approximate surface area is 247 Å². The Morgan fingerprint density at radius 1 is 1.17 bits per heavy atom. The number of nitrogens with zero attached hydrogens (tertiary/aromatic N) is 4. The van der Waals surface area contributed by atoms with Gasteiger partial charge in [0.1, 0.15) is 24.8 Å². The lowest BCUT2D eigenvalue weighted by Gasteiger charge is -2.44. The van der Waals surface area contributed by atoms with Gasteiger partial charge in [0.05, 0.1) is 17.7 Å². The fraction of sp³-hybridized carbons (Fsp3) is 0.533. The van der Waals surface area contributed by atoms with E-state index in [-0.39, 0.29) is 31.2 Å². The van der Waals surface area contributed by atoms with Gasteiger partial charge in [-0.2, -0.15) is 0 Å². The zero-order chi connectivity index (χ0) is 29.4. The average Bonchev–Trinajstić information content (AvgIpc) is 3.83. The summed E-state index contributed by atoms with van der Waals surface area (Å²) in [5.74, 6) is -3.15. The van der Waals surface area contributed by atoms with E-state index in [1.165, 1.54) is 0 Å². The van der Waals surface area contributed by atoms with Gasteiger partial charge in [0.25, 0.3) is 5.91 Å². The van der Waals surface area contributed by atoms with Crippen LogP contribution in [0.3, 0.4) is 0 Å². The van der Waals surface area contributed by atoms with E-state index in [0.29, 0.717) is 24.7 Å². The van der Waals surface area contributed by atoms with Crippen LogP contribution in [0.4, 0.5) is 13.9 Å². The Balaban J connectivity index is 1.24. The van der Waals surface area contributed by atoms with E-state index in [1.807, 2.05) is 17.5 Å². The number of carbonyl (C=O) groups excluding carboxylic acids is 3. The molecule has 4 fully saturated rings. The van der Waals surface area contributed by atoms with Gasteiger partial charge in [-0.25, -0.2) is 13.8 Å². The van der Waals surface area contributed by atoms with Crippen LogP contribution in [0.1, 0.15) is 36.0 Å². The highest BCUT2D eigenvalue weighted by atomic mass is 32.1. The highest BCUT2D eigenvalue weighted by molar-refractivity contribution is 7.14. The number of hydrogen-bond donors (Lipinski definition) is 1. The molecule has 1 N–H and O–H groups in total. The Hall–Kier alpha value is -3.06. The lowest BCUT2D eigenvalue weighted by Crippen LogP contribution is -2.68. The molecule has 2 aromatic rings. The maximum Gasteiger partial charge on any atom is 0.253 e. The molecule has 0 spiro atoms. The summed E-state index contributed by atoms with van der Waals surface area (Å²) in [5, 5.41) is 5.93. The average molecular weight is 600 g/mol. The second-order valence-corrected chi connectivity index (χ2v) is 12.5. The molecule has 224 valence electrons. The van der Waals surface area contributed by atoms with Crippen molar-refractivity contribution < 1.29 is 27.9 Å². The first-order valence-electron chi connectivity index (χ1n) is 14.5. The smallest absolute Gasteiger partial charge is 0.253 e. The number of benzene rings is 1. The molecule has 0 radical (unpaired) electrons. The number of Topliss-reactive ketones (excluding diaryl/α,β-unsaturated/α-hetero) is 1. The monoisotopic (exact) mass is 599 g/mol. The number of ether oxygens (including phenoxy) is 1. The van der Waals surface area contributed by atoms with Crippen molar-refractivity contribution in [3.63, 3.8) is 0 Å². The van der Waals surface area contributed by atoms with Crippen LogP contribution in [-0.4, -0.2) is 96.9 Å². The molecular weight excluding hydrogens is 564 g/mol. The highest BCUT2D eigenvalue weighted by Crippen LogP contribution is 2.44. The molecule has 9 nitrogen and oxygen atoms in total. The molecule has 1 aromatic carbocycles. The molecule has 0 bridgehead atoms. The summed E-state index contributed by atoms with van der Waals surface area (Å²) in [6.45, 7) is 3.46. The van der Waals surface area contributed by atoms with Crippen LogP contribution in [0.15, 0.2) is 41.8 Å². The van der Waals surface area contributed by atoms with Crippen molar-refractivity contribution in [1.82, 2.24) is 20.1 Å². The summed E-state index contributed by atoms with van der Waals surface area (Å²) >= 11 is 1.59. The molecule has 1 amide bonds. The summed E-state index contributed by atoms with van der Waals surface area (Å²) in [7, 11) is 2.11. The number of aromatic nitrogens is 1. The molecule has 4 heterocycles. The minimum Gasteiger partial charge on any atom is -0.367 e. The Morgan fingerprint density at radius 2 is 1.88 bits per heavy atom. The van der Waals surface area contributed by atoms with Crippen molar-refractivity contribution in [3.05, 3.63) is 47.4 Å². The lowest BCUT2D eigenvalue weighted by atomic mass is 9.88. The van der Waals surface area contributed by atoms with Gasteiger partial charge in [-0.15, -0.1) is 11.3 Å². The number of aldehydes is 1. The van der Waals surface area contributed by atoms with Gasteiger partial charge < -0.3 is 19.9 Å². The third kappa shape index (κ3) is 5.18. The van der Waals surface area contributed by atoms with E-state index >= 15 is 0 Å². The molecular formula is C30H35F2N5O4S. The molecule has 42 heavy (non-hydrogen) atoms. The number of hydrogen-bond acceptors (Lipinski definition) is 9. The standard InChI is InChI=1S/C30H35F2N5O4S/c1-35-10-12-36(13-11-35)29-33-24(17-42-29)19-6-8-20(9-7-19)28(40)34-30(18-38,21-4-2-3-5-21)37-15-22(23(32)14-31)27-26(37)25(39)16-41-27/h6-9,14,17-18,21-22,26-27H,2-5,10-13,15-16H2,1H3,(H,34,40). The second kappa shape index (κ2) is 11.9. The minimum atomic E-state index is -1.56. The number of rotatable bonds is 8. The first-order chi connectivity index (χ1) is 20.3. The maximum absolute atomic E-state index is 14.6. The van der Waals surface area contributed by atoms with E-state index in [4.69, 9.17) is 9.72 Å². The Kier molecular flexibility index (Phi) is 8.23. The molecule has 4 atom stereocenters. The van der Waals surface area contributed by atoms with Crippen molar-refractivity contribution in [2.75, 3.05) is 51.3 Å². The fourth-order valence-electron chi connectivity index (χ4n) is 6.91. The van der Waals surface area contributed by atoms with Crippen LogP contribution in [0, 0.1) is 11.8 Å². The van der Waals surface area contributed by atoms with Gasteiger partial charge in [-0.3, -0.25) is 19.3 Å². The van der Waals surface area contributed by atoms with Crippen LogP contribution in [0.25, 0.3) is 11.3 Å². The largest absolute Gasteiger partial charge is 0.367 e. The van der Waals surface area contributed by atoms with E-state index in [1.54, 1.807) is 28.4 Å². The first-order valence-corrected chi connectivity index (χ1v) is 15.4. The van der Waals surface area contributed by atoms with Gasteiger partial charge in [-0.1, -0.05) is 25.0 Å². The first kappa shape index (κ1) is 29.0. The topological polar surface area (TPSA) is 95.1 Å². The molecule has 12 heteroatoms. The highest BCUT2D eigenvalue weighted by Gasteiger charge is 2.60. The predicted molar refractivity (Wildman–Crippen MR) is 155 cm³/mol. The van der Waals surface area contributed by atoms with Gasteiger partial charge in [0, 0.05) is 55.1 Å². The SMILES string of the molecule is CN1CCN(c2nc(-c3ccc(C(=O)NC(C=O)(C4CCCC4)N4CC(C(F)=CF)C5OCC(=O)C54)cc3)cs2)CC1. The van der Waals surface area contributed by atoms with E-state index in [2.05, 4.69) is 22.2 Å². The van der Waals surface area contributed by atoms with Gasteiger partial charge >= 0.3 is 0 Å². The number of halogens is 2. The number of carbonyl (C=O) groups is 3. The van der Waals surface area contributed by atoms with Crippen LogP contribution in [0.2, 0.25) is 0 Å². The van der Waals surface area contributed by atoms with E-state index in [0.717, 1.165) is 55.4 Å². The van der Waals surface area contributed by atoms with Gasteiger partial charge in [0.2, 0.25) is 0 Å². The molecule has 4 aliphatic rings. The van der Waals surface area contributed by atoms with Crippen molar-refractivity contribution in [1.29, 1.82) is 0 Å². The predicted octanol–water partition coefficient (Wildman–Crippen LogP) is 3.43. The van der Waals surface area contributed by atoms with Crippen molar-refractivity contribution >= 4 is 34.4 Å². The molecule has 3 aliphatic heterocycles. The third-order valence-corrected chi connectivity index (χ3v) is 10.2. The van der Waals surface area contributed by atoms with E-state index < -0.39 is 35.5 Å². The zero-order valence-electron chi connectivity index (χ0n) is 23.5. The third-order valence-electron chi connectivity index (χ3n) is 9.30. The number of piperazine rings is 1. The number of ketones is 1. The number of thiazole rings is 1.